The van der Waals surface area contributed by atoms with Gasteiger partial charge in [0.25, 0.3) is 0 Å². The summed E-state index contributed by atoms with van der Waals surface area (Å²) in [4.78, 5) is 19.4. The van der Waals surface area contributed by atoms with Gasteiger partial charge >= 0.3 is 0 Å². The molecule has 0 spiro atoms. The van der Waals surface area contributed by atoms with Crippen LogP contribution in [0, 0.1) is 0 Å². The Morgan fingerprint density at radius 3 is 3.11 bits per heavy atom. The lowest BCUT2D eigenvalue weighted by molar-refractivity contribution is -0.124. The van der Waals surface area contributed by atoms with Gasteiger partial charge in [0.1, 0.15) is 0 Å². The molecule has 0 bridgehead atoms. The van der Waals surface area contributed by atoms with E-state index in [4.69, 9.17) is 0 Å². The average Bonchev–Trinajstić information content (AvgIpc) is 3.04. The summed E-state index contributed by atoms with van der Waals surface area (Å²) in [6.45, 7) is 0.995. The van der Waals surface area contributed by atoms with Crippen LogP contribution in [0.4, 0.5) is 0 Å². The van der Waals surface area contributed by atoms with Crippen molar-refractivity contribution >= 4 is 5.91 Å². The molecular formula is C13H20N4O2. The summed E-state index contributed by atoms with van der Waals surface area (Å²) in [7, 11) is 0. The van der Waals surface area contributed by atoms with E-state index in [9.17, 15) is 9.90 Å². The first kappa shape index (κ1) is 12.6. The fourth-order valence-corrected chi connectivity index (χ4v) is 2.94. The van der Waals surface area contributed by atoms with E-state index in [1.807, 2.05) is 0 Å². The smallest absolute Gasteiger partial charge is 0.237 e. The van der Waals surface area contributed by atoms with E-state index in [0.29, 0.717) is 19.5 Å². The maximum absolute atomic E-state index is 12.1. The van der Waals surface area contributed by atoms with Gasteiger partial charge in [-0.15, -0.1) is 0 Å². The quantitative estimate of drug-likeness (QED) is 0.611. The molecule has 19 heavy (non-hydrogen) atoms. The number of nitrogens with one attached hydrogen (secondary N) is 3. The first-order valence-corrected chi connectivity index (χ1v) is 6.91. The second kappa shape index (κ2) is 4.94. The maximum Gasteiger partial charge on any atom is 0.237 e. The largest absolute Gasteiger partial charge is 0.388 e. The third kappa shape index (κ3) is 2.64. The van der Waals surface area contributed by atoms with Crippen LogP contribution in [0.25, 0.3) is 0 Å². The number of carbonyl (C=O) groups is 1. The van der Waals surface area contributed by atoms with Crippen molar-refractivity contribution in [3.8, 4) is 0 Å². The van der Waals surface area contributed by atoms with Crippen LogP contribution in [0.2, 0.25) is 0 Å². The summed E-state index contributed by atoms with van der Waals surface area (Å²) in [5.41, 5.74) is 1.32. The van der Waals surface area contributed by atoms with Crippen molar-refractivity contribution in [3.63, 3.8) is 0 Å². The van der Waals surface area contributed by atoms with Crippen LogP contribution >= 0.6 is 0 Å². The zero-order chi connectivity index (χ0) is 13.3. The summed E-state index contributed by atoms with van der Waals surface area (Å²) in [6, 6.07) is -0.249. The number of imidazole rings is 1. The summed E-state index contributed by atoms with van der Waals surface area (Å²) in [5.74, 6) is -0.0472. The highest BCUT2D eigenvalue weighted by Gasteiger charge is 2.33. The average molecular weight is 264 g/mol. The fourth-order valence-electron chi connectivity index (χ4n) is 2.94. The Bertz CT molecular complexity index is 465. The van der Waals surface area contributed by atoms with Gasteiger partial charge in [-0.1, -0.05) is 12.8 Å². The zero-order valence-electron chi connectivity index (χ0n) is 10.9. The topological polar surface area (TPSA) is 90.0 Å². The number of aromatic nitrogens is 2. The number of hydrogen-bond donors (Lipinski definition) is 4. The predicted molar refractivity (Wildman–Crippen MR) is 69.3 cm³/mol. The van der Waals surface area contributed by atoms with Crippen LogP contribution in [-0.2, 0) is 17.8 Å². The van der Waals surface area contributed by atoms with E-state index in [0.717, 1.165) is 37.1 Å². The van der Waals surface area contributed by atoms with Crippen molar-refractivity contribution in [3.05, 3.63) is 17.7 Å². The molecule has 2 aliphatic rings. The molecule has 1 unspecified atom stereocenters. The van der Waals surface area contributed by atoms with Gasteiger partial charge in [0, 0.05) is 19.5 Å². The molecule has 0 aromatic carbocycles. The third-order valence-corrected chi connectivity index (χ3v) is 4.17. The van der Waals surface area contributed by atoms with Gasteiger partial charge in [-0.3, -0.25) is 10.1 Å². The minimum Gasteiger partial charge on any atom is -0.388 e. The number of hydrogen-bond acceptors (Lipinski definition) is 4. The van der Waals surface area contributed by atoms with Gasteiger partial charge < -0.3 is 15.4 Å². The van der Waals surface area contributed by atoms with Gasteiger partial charge in [0.15, 0.2) is 0 Å². The number of fused-ring (bicyclic) bond motifs is 1. The molecule has 1 saturated carbocycles. The summed E-state index contributed by atoms with van der Waals surface area (Å²) in [5, 5.41) is 16.3. The van der Waals surface area contributed by atoms with Crippen LogP contribution in [0.1, 0.15) is 37.1 Å². The number of carbonyl (C=O) groups excluding carboxylic acids is 1. The molecular weight excluding hydrogens is 244 g/mol. The Hall–Kier alpha value is -1.40. The van der Waals surface area contributed by atoms with E-state index in [-0.39, 0.29) is 11.9 Å². The van der Waals surface area contributed by atoms with Crippen molar-refractivity contribution < 1.29 is 9.90 Å². The molecule has 4 N–H and O–H groups in total. The summed E-state index contributed by atoms with van der Waals surface area (Å²) < 4.78 is 0. The summed E-state index contributed by atoms with van der Waals surface area (Å²) >= 11 is 0. The fraction of sp³-hybridized carbons (Fsp3) is 0.692. The first-order chi connectivity index (χ1) is 9.16. The van der Waals surface area contributed by atoms with Crippen LogP contribution < -0.4 is 10.6 Å². The van der Waals surface area contributed by atoms with E-state index in [1.54, 1.807) is 6.33 Å². The second-order valence-electron chi connectivity index (χ2n) is 5.61. The standard InChI is InChI=1S/C13H20N4O2/c18-12(15-7-13(19)3-1-2-4-13)10-5-9-11(6-14-10)17-8-16-9/h8,10,14,19H,1-7H2,(H,15,18)(H,16,17). The van der Waals surface area contributed by atoms with Crippen LogP contribution in [0.5, 0.6) is 0 Å². The van der Waals surface area contributed by atoms with Crippen LogP contribution in [0.3, 0.4) is 0 Å². The van der Waals surface area contributed by atoms with Gasteiger partial charge in [-0.05, 0) is 12.8 Å². The number of nitrogens with zero attached hydrogens (tertiary/aromatic N) is 1. The van der Waals surface area contributed by atoms with Gasteiger partial charge in [-0.25, -0.2) is 4.98 Å². The molecule has 1 aliphatic carbocycles. The molecule has 1 aromatic heterocycles. The SMILES string of the molecule is O=C(NCC1(O)CCCC1)C1Cc2nc[nH]c2CN1. The molecule has 1 amide bonds. The molecule has 2 heterocycles. The maximum atomic E-state index is 12.1. The van der Waals surface area contributed by atoms with Crippen LogP contribution in [-0.4, -0.2) is 39.2 Å². The molecule has 3 rings (SSSR count). The first-order valence-electron chi connectivity index (χ1n) is 6.91. The Morgan fingerprint density at radius 2 is 2.32 bits per heavy atom. The van der Waals surface area contributed by atoms with Crippen LogP contribution in [0.15, 0.2) is 6.33 Å². The van der Waals surface area contributed by atoms with E-state index < -0.39 is 5.60 Å². The van der Waals surface area contributed by atoms with E-state index in [2.05, 4.69) is 20.6 Å². The number of H-pyrrole nitrogens is 1. The second-order valence-corrected chi connectivity index (χ2v) is 5.61. The monoisotopic (exact) mass is 264 g/mol. The molecule has 6 heteroatoms. The van der Waals surface area contributed by atoms with Gasteiger partial charge in [0.05, 0.1) is 29.4 Å². The highest BCUT2D eigenvalue weighted by molar-refractivity contribution is 5.82. The Morgan fingerprint density at radius 1 is 1.53 bits per heavy atom. The van der Waals surface area contributed by atoms with Crippen molar-refractivity contribution in [2.24, 2.45) is 0 Å². The molecule has 0 saturated heterocycles. The van der Waals surface area contributed by atoms with E-state index >= 15 is 0 Å². The normalized spacial score (nSPS) is 25.0. The van der Waals surface area contributed by atoms with Crippen molar-refractivity contribution in [2.45, 2.75) is 50.3 Å². The predicted octanol–water partition coefficient (Wildman–Crippen LogP) is -0.155. The molecule has 1 aromatic rings. The van der Waals surface area contributed by atoms with Crippen molar-refractivity contribution in [1.82, 2.24) is 20.6 Å². The molecule has 1 atom stereocenters. The number of rotatable bonds is 3. The number of amides is 1. The molecule has 104 valence electrons. The molecule has 1 fully saturated rings. The number of aliphatic hydroxyl groups is 1. The third-order valence-electron chi connectivity index (χ3n) is 4.17. The highest BCUT2D eigenvalue weighted by Crippen LogP contribution is 2.28. The minimum absolute atomic E-state index is 0.0472. The van der Waals surface area contributed by atoms with Gasteiger partial charge in [-0.2, -0.15) is 0 Å². The Labute approximate surface area is 112 Å². The minimum atomic E-state index is -0.693. The highest BCUT2D eigenvalue weighted by atomic mass is 16.3. The van der Waals surface area contributed by atoms with E-state index in [1.165, 1.54) is 0 Å². The van der Waals surface area contributed by atoms with Crippen molar-refractivity contribution in [2.75, 3.05) is 6.54 Å². The lowest BCUT2D eigenvalue weighted by atomic mass is 10.0. The molecule has 0 radical (unpaired) electrons. The van der Waals surface area contributed by atoms with Crippen molar-refractivity contribution in [1.29, 1.82) is 0 Å². The lowest BCUT2D eigenvalue weighted by Gasteiger charge is -2.26. The van der Waals surface area contributed by atoms with Gasteiger partial charge in [0.2, 0.25) is 5.91 Å². The molecule has 1 aliphatic heterocycles. The number of aromatic amines is 1. The lowest BCUT2D eigenvalue weighted by Crippen LogP contribution is -2.51. The summed E-state index contributed by atoms with van der Waals surface area (Å²) in [6.07, 6.45) is 5.93. The Kier molecular flexibility index (Phi) is 3.28. The zero-order valence-corrected chi connectivity index (χ0v) is 10.9. The molecule has 6 nitrogen and oxygen atoms in total. The Balaban J connectivity index is 1.54.